The van der Waals surface area contributed by atoms with E-state index in [0.29, 0.717) is 17.9 Å². The SMILES string of the molecule is CN(Cc1cnc(N)cn1)c1ccc(C#N)cc1. The second-order valence-electron chi connectivity index (χ2n) is 3.95. The van der Waals surface area contributed by atoms with Crippen LogP contribution in [0.3, 0.4) is 0 Å². The maximum atomic E-state index is 8.73. The van der Waals surface area contributed by atoms with Gasteiger partial charge < -0.3 is 10.6 Å². The highest BCUT2D eigenvalue weighted by Crippen LogP contribution is 2.15. The van der Waals surface area contributed by atoms with E-state index >= 15 is 0 Å². The summed E-state index contributed by atoms with van der Waals surface area (Å²) < 4.78 is 0. The molecular formula is C13H13N5. The van der Waals surface area contributed by atoms with Gasteiger partial charge in [-0.15, -0.1) is 0 Å². The zero-order valence-corrected chi connectivity index (χ0v) is 10.0. The monoisotopic (exact) mass is 239 g/mol. The molecule has 1 aromatic heterocycles. The number of aromatic nitrogens is 2. The fourth-order valence-corrected chi connectivity index (χ4v) is 1.57. The molecule has 0 amide bonds. The van der Waals surface area contributed by atoms with E-state index < -0.39 is 0 Å². The summed E-state index contributed by atoms with van der Waals surface area (Å²) in [5, 5.41) is 8.73. The van der Waals surface area contributed by atoms with Crippen LogP contribution in [0, 0.1) is 11.3 Å². The van der Waals surface area contributed by atoms with Crippen molar-refractivity contribution in [3.63, 3.8) is 0 Å². The van der Waals surface area contributed by atoms with Crippen LogP contribution in [0.1, 0.15) is 11.3 Å². The Morgan fingerprint density at radius 1 is 1.22 bits per heavy atom. The summed E-state index contributed by atoms with van der Waals surface area (Å²) in [6.07, 6.45) is 3.21. The van der Waals surface area contributed by atoms with Gasteiger partial charge in [0.05, 0.1) is 36.3 Å². The third-order valence-electron chi connectivity index (χ3n) is 2.56. The number of nitriles is 1. The lowest BCUT2D eigenvalue weighted by atomic mass is 10.2. The largest absolute Gasteiger partial charge is 0.382 e. The summed E-state index contributed by atoms with van der Waals surface area (Å²) in [5.41, 5.74) is 8.00. The number of hydrogen-bond acceptors (Lipinski definition) is 5. The molecule has 0 spiro atoms. The standard InChI is InChI=1S/C13H13N5/c1-18(9-11-7-17-13(15)8-16-11)12-4-2-10(6-14)3-5-12/h2-5,7-8H,9H2,1H3,(H2,15,17). The molecule has 1 heterocycles. The molecule has 2 rings (SSSR count). The fourth-order valence-electron chi connectivity index (χ4n) is 1.57. The van der Waals surface area contributed by atoms with Crippen molar-refractivity contribution in [3.8, 4) is 6.07 Å². The van der Waals surface area contributed by atoms with E-state index in [0.717, 1.165) is 11.4 Å². The average molecular weight is 239 g/mol. The van der Waals surface area contributed by atoms with Gasteiger partial charge in [0, 0.05) is 12.7 Å². The Hall–Kier alpha value is -2.61. The number of rotatable bonds is 3. The van der Waals surface area contributed by atoms with E-state index in [2.05, 4.69) is 16.0 Å². The molecule has 5 heteroatoms. The lowest BCUT2D eigenvalue weighted by Gasteiger charge is -2.18. The average Bonchev–Trinajstić information content (AvgIpc) is 2.41. The normalized spacial score (nSPS) is 9.78. The van der Waals surface area contributed by atoms with Gasteiger partial charge in [0.2, 0.25) is 0 Å². The van der Waals surface area contributed by atoms with E-state index in [1.165, 1.54) is 0 Å². The molecule has 2 N–H and O–H groups in total. The summed E-state index contributed by atoms with van der Waals surface area (Å²) in [6.45, 7) is 0.638. The highest BCUT2D eigenvalue weighted by atomic mass is 15.1. The second kappa shape index (κ2) is 5.15. The number of nitrogens with zero attached hydrogens (tertiary/aromatic N) is 4. The van der Waals surface area contributed by atoms with E-state index in [-0.39, 0.29) is 0 Å². The van der Waals surface area contributed by atoms with Gasteiger partial charge in [-0.2, -0.15) is 5.26 Å². The van der Waals surface area contributed by atoms with Crippen molar-refractivity contribution in [1.82, 2.24) is 9.97 Å². The van der Waals surface area contributed by atoms with Gasteiger partial charge in [0.25, 0.3) is 0 Å². The predicted molar refractivity (Wildman–Crippen MR) is 69.7 cm³/mol. The first kappa shape index (κ1) is 11.9. The smallest absolute Gasteiger partial charge is 0.141 e. The van der Waals surface area contributed by atoms with Crippen molar-refractivity contribution in [1.29, 1.82) is 5.26 Å². The van der Waals surface area contributed by atoms with Crippen LogP contribution in [0.4, 0.5) is 11.5 Å². The van der Waals surface area contributed by atoms with Gasteiger partial charge in [-0.1, -0.05) is 0 Å². The van der Waals surface area contributed by atoms with Crippen molar-refractivity contribution in [3.05, 3.63) is 47.9 Å². The lowest BCUT2D eigenvalue weighted by molar-refractivity contribution is 0.875. The highest BCUT2D eigenvalue weighted by Gasteiger charge is 2.03. The molecule has 0 aliphatic heterocycles. The minimum atomic E-state index is 0.416. The van der Waals surface area contributed by atoms with E-state index in [4.69, 9.17) is 11.0 Å². The maximum Gasteiger partial charge on any atom is 0.141 e. The van der Waals surface area contributed by atoms with Crippen LogP contribution in [-0.2, 0) is 6.54 Å². The Morgan fingerprint density at radius 3 is 2.50 bits per heavy atom. The highest BCUT2D eigenvalue weighted by molar-refractivity contribution is 5.49. The van der Waals surface area contributed by atoms with Gasteiger partial charge in [0.15, 0.2) is 0 Å². The zero-order chi connectivity index (χ0) is 13.0. The van der Waals surface area contributed by atoms with Crippen LogP contribution in [0.15, 0.2) is 36.7 Å². The van der Waals surface area contributed by atoms with E-state index in [1.807, 2.05) is 24.1 Å². The molecule has 1 aromatic carbocycles. The molecule has 18 heavy (non-hydrogen) atoms. The number of hydrogen-bond donors (Lipinski definition) is 1. The third kappa shape index (κ3) is 2.74. The first-order valence-corrected chi connectivity index (χ1v) is 5.47. The molecule has 0 saturated carbocycles. The number of nitrogens with two attached hydrogens (primary N) is 1. The fraction of sp³-hybridized carbons (Fsp3) is 0.154. The minimum Gasteiger partial charge on any atom is -0.382 e. The van der Waals surface area contributed by atoms with Crippen molar-refractivity contribution in [2.75, 3.05) is 17.7 Å². The maximum absolute atomic E-state index is 8.73. The number of anilines is 2. The van der Waals surface area contributed by atoms with Crippen molar-refractivity contribution in [2.24, 2.45) is 0 Å². The Kier molecular flexibility index (Phi) is 3.39. The van der Waals surface area contributed by atoms with Gasteiger partial charge >= 0.3 is 0 Å². The number of nitrogen functional groups attached to an aromatic ring is 1. The second-order valence-corrected chi connectivity index (χ2v) is 3.95. The Morgan fingerprint density at radius 2 is 1.94 bits per heavy atom. The number of benzene rings is 1. The summed E-state index contributed by atoms with van der Waals surface area (Å²) in [4.78, 5) is 10.2. The van der Waals surface area contributed by atoms with Gasteiger partial charge in [0.1, 0.15) is 5.82 Å². The quantitative estimate of drug-likeness (QED) is 0.879. The molecule has 0 aliphatic carbocycles. The van der Waals surface area contributed by atoms with Gasteiger partial charge in [-0.3, -0.25) is 4.98 Å². The molecule has 0 fully saturated rings. The Labute approximate surface area is 106 Å². The Bertz CT molecular complexity index is 553. The van der Waals surface area contributed by atoms with Crippen molar-refractivity contribution >= 4 is 11.5 Å². The first-order valence-electron chi connectivity index (χ1n) is 5.47. The third-order valence-corrected chi connectivity index (χ3v) is 2.56. The molecule has 0 radical (unpaired) electrons. The first-order chi connectivity index (χ1) is 8.69. The van der Waals surface area contributed by atoms with Crippen LogP contribution in [-0.4, -0.2) is 17.0 Å². The minimum absolute atomic E-state index is 0.416. The molecule has 0 aliphatic rings. The molecule has 0 bridgehead atoms. The van der Waals surface area contributed by atoms with Crippen LogP contribution in [0.25, 0.3) is 0 Å². The van der Waals surface area contributed by atoms with E-state index in [1.54, 1.807) is 24.5 Å². The van der Waals surface area contributed by atoms with E-state index in [9.17, 15) is 0 Å². The molecule has 5 nitrogen and oxygen atoms in total. The molecule has 90 valence electrons. The molecule has 0 atom stereocenters. The topological polar surface area (TPSA) is 78.8 Å². The lowest BCUT2D eigenvalue weighted by Crippen LogP contribution is -2.17. The van der Waals surface area contributed by atoms with Crippen molar-refractivity contribution < 1.29 is 0 Å². The van der Waals surface area contributed by atoms with Gasteiger partial charge in [-0.05, 0) is 24.3 Å². The van der Waals surface area contributed by atoms with Crippen molar-refractivity contribution in [2.45, 2.75) is 6.54 Å². The molecule has 0 unspecified atom stereocenters. The van der Waals surface area contributed by atoms with Crippen LogP contribution >= 0.6 is 0 Å². The zero-order valence-electron chi connectivity index (χ0n) is 10.0. The van der Waals surface area contributed by atoms with Crippen LogP contribution in [0.5, 0.6) is 0 Å². The molecule has 0 saturated heterocycles. The van der Waals surface area contributed by atoms with Crippen LogP contribution in [0.2, 0.25) is 0 Å². The summed E-state index contributed by atoms with van der Waals surface area (Å²) in [6, 6.07) is 9.49. The summed E-state index contributed by atoms with van der Waals surface area (Å²) in [7, 11) is 1.96. The molecule has 2 aromatic rings. The summed E-state index contributed by atoms with van der Waals surface area (Å²) >= 11 is 0. The Balaban J connectivity index is 2.09. The summed E-state index contributed by atoms with van der Waals surface area (Å²) in [5.74, 6) is 0.416. The molecular weight excluding hydrogens is 226 g/mol. The van der Waals surface area contributed by atoms with Crippen LogP contribution < -0.4 is 10.6 Å². The van der Waals surface area contributed by atoms with Gasteiger partial charge in [-0.25, -0.2) is 4.98 Å². The predicted octanol–water partition coefficient (Wildman–Crippen LogP) is 1.57.